The van der Waals surface area contributed by atoms with Crippen molar-refractivity contribution >= 4 is 7.49 Å². The quantitative estimate of drug-likeness (QED) is 0.608. The Hall–Kier alpha value is 0.350. The second-order valence-electron chi connectivity index (χ2n) is 2.68. The summed E-state index contributed by atoms with van der Waals surface area (Å²) in [5.74, 6) is 0. The molecule has 0 aliphatic rings. The molecule has 2 nitrogen and oxygen atoms in total. The van der Waals surface area contributed by atoms with Gasteiger partial charge >= 0.3 is 0 Å². The van der Waals surface area contributed by atoms with Gasteiger partial charge in [-0.05, 0) is 12.8 Å². The van der Waals surface area contributed by atoms with E-state index in [2.05, 4.69) is 0 Å². The maximum absolute atomic E-state index is 9.68. The van der Waals surface area contributed by atoms with E-state index in [0.717, 1.165) is 25.2 Å². The van der Waals surface area contributed by atoms with Crippen molar-refractivity contribution in [3.63, 3.8) is 0 Å². The van der Waals surface area contributed by atoms with E-state index in [1.165, 1.54) is 0 Å². The van der Waals surface area contributed by atoms with Gasteiger partial charge in [-0.15, -0.1) is 0 Å². The van der Waals surface area contributed by atoms with E-state index in [-0.39, 0.29) is 6.35 Å². The lowest BCUT2D eigenvalue weighted by molar-refractivity contribution is 0.349. The van der Waals surface area contributed by atoms with Crippen LogP contribution in [0.5, 0.6) is 0 Å². The van der Waals surface area contributed by atoms with Gasteiger partial charge in [0.1, 0.15) is 0 Å². The predicted octanol–water partition coefficient (Wildman–Crippen LogP) is 1.68. The van der Waals surface area contributed by atoms with Gasteiger partial charge in [-0.2, -0.15) is 0 Å². The maximum atomic E-state index is 9.68. The minimum absolute atomic E-state index is 0.00861. The summed E-state index contributed by atoms with van der Waals surface area (Å²) >= 11 is 0. The molecule has 0 amide bonds. The molecule has 0 fully saturated rings. The average Bonchev–Trinajstić information content (AvgIpc) is 1.89. The van der Waals surface area contributed by atoms with Crippen molar-refractivity contribution in [3.05, 3.63) is 0 Å². The van der Waals surface area contributed by atoms with Crippen molar-refractivity contribution in [2.75, 3.05) is 18.7 Å². The molecule has 0 saturated heterocycles. The van der Waals surface area contributed by atoms with Gasteiger partial charge in [0.15, 0.2) is 13.8 Å². The molecular formula is C7H18O2P+. The third-order valence-corrected chi connectivity index (χ3v) is 4.63. The van der Waals surface area contributed by atoms with Crippen LogP contribution in [0, 0.1) is 0 Å². The molecule has 3 heteroatoms. The summed E-state index contributed by atoms with van der Waals surface area (Å²) in [6.07, 6.45) is 3.60. The Morgan fingerprint density at radius 3 is 1.70 bits per heavy atom. The van der Waals surface area contributed by atoms with Crippen molar-refractivity contribution in [3.8, 4) is 0 Å². The SMILES string of the molecule is CCC[P+](O)(CO)CCC. The Morgan fingerprint density at radius 2 is 1.50 bits per heavy atom. The largest absolute Gasteiger partial charge is 0.359 e. The zero-order valence-electron chi connectivity index (χ0n) is 6.88. The standard InChI is InChI=1S/C7H18O2P/c1-3-5-10(9,7-8)6-4-2/h8-9H,3-7H2,1-2H3/q+1. The molecule has 0 radical (unpaired) electrons. The molecule has 2 N–H and O–H groups in total. The predicted molar refractivity (Wildman–Crippen MR) is 46.5 cm³/mol. The van der Waals surface area contributed by atoms with Gasteiger partial charge in [0, 0.05) is 0 Å². The first kappa shape index (κ1) is 10.3. The lowest BCUT2D eigenvalue weighted by Crippen LogP contribution is -2.05. The van der Waals surface area contributed by atoms with Gasteiger partial charge in [0.05, 0.1) is 12.3 Å². The lowest BCUT2D eigenvalue weighted by Gasteiger charge is -2.15. The Morgan fingerprint density at radius 1 is 1.10 bits per heavy atom. The minimum atomic E-state index is -1.89. The number of hydrogen-bond donors (Lipinski definition) is 2. The van der Waals surface area contributed by atoms with Gasteiger partial charge in [-0.3, -0.25) is 0 Å². The zero-order valence-corrected chi connectivity index (χ0v) is 7.77. The highest BCUT2D eigenvalue weighted by molar-refractivity contribution is 7.70. The van der Waals surface area contributed by atoms with Crippen molar-refractivity contribution < 1.29 is 10.00 Å². The van der Waals surface area contributed by atoms with Crippen LogP contribution in [-0.4, -0.2) is 28.7 Å². The van der Waals surface area contributed by atoms with Crippen molar-refractivity contribution in [1.29, 1.82) is 0 Å². The van der Waals surface area contributed by atoms with Crippen molar-refractivity contribution in [2.45, 2.75) is 26.7 Å². The number of hydrogen-bond acceptors (Lipinski definition) is 2. The van der Waals surface area contributed by atoms with E-state index in [0.29, 0.717) is 0 Å². The minimum Gasteiger partial charge on any atom is -0.359 e. The van der Waals surface area contributed by atoms with Crippen LogP contribution in [0.4, 0.5) is 0 Å². The average molecular weight is 165 g/mol. The summed E-state index contributed by atoms with van der Waals surface area (Å²) in [5.41, 5.74) is 0. The summed E-state index contributed by atoms with van der Waals surface area (Å²) in [7, 11) is -1.89. The van der Waals surface area contributed by atoms with E-state index >= 15 is 0 Å². The fourth-order valence-electron chi connectivity index (χ4n) is 1.09. The summed E-state index contributed by atoms with van der Waals surface area (Å²) in [5, 5.41) is 8.85. The first-order chi connectivity index (χ1) is 4.68. The Labute approximate surface area is 63.7 Å². The van der Waals surface area contributed by atoms with E-state index in [4.69, 9.17) is 5.11 Å². The number of rotatable bonds is 5. The van der Waals surface area contributed by atoms with Crippen molar-refractivity contribution in [1.82, 2.24) is 0 Å². The molecule has 0 rings (SSSR count). The van der Waals surface area contributed by atoms with E-state index in [1.807, 2.05) is 13.8 Å². The molecule has 0 aromatic carbocycles. The Bertz CT molecular complexity index is 79.7. The van der Waals surface area contributed by atoms with Gasteiger partial charge in [-0.25, -0.2) is 4.89 Å². The highest BCUT2D eigenvalue weighted by atomic mass is 31.2. The second kappa shape index (κ2) is 5.06. The van der Waals surface area contributed by atoms with Crippen LogP contribution in [-0.2, 0) is 0 Å². The molecule has 0 bridgehead atoms. The van der Waals surface area contributed by atoms with Gasteiger partial charge in [0.2, 0.25) is 0 Å². The third kappa shape index (κ3) is 3.50. The van der Waals surface area contributed by atoms with Crippen LogP contribution in [0.15, 0.2) is 0 Å². The number of aliphatic hydroxyl groups is 1. The molecule has 0 aliphatic heterocycles. The monoisotopic (exact) mass is 165 g/mol. The van der Waals surface area contributed by atoms with Crippen LogP contribution in [0.25, 0.3) is 0 Å². The summed E-state index contributed by atoms with van der Waals surface area (Å²) in [6.45, 7) is 4.08. The third-order valence-electron chi connectivity index (χ3n) is 1.54. The molecule has 0 aliphatic carbocycles. The molecule has 0 aromatic heterocycles. The fourth-order valence-corrected chi connectivity index (χ4v) is 3.26. The van der Waals surface area contributed by atoms with Gasteiger partial charge in [0.25, 0.3) is 0 Å². The molecule has 0 aromatic rings. The lowest BCUT2D eigenvalue weighted by atomic mass is 10.6. The summed E-state index contributed by atoms with van der Waals surface area (Å²) < 4.78 is 0. The highest BCUT2D eigenvalue weighted by Gasteiger charge is 2.31. The molecular weight excluding hydrogens is 147 g/mol. The first-order valence-corrected chi connectivity index (χ1v) is 6.18. The molecule has 10 heavy (non-hydrogen) atoms. The summed E-state index contributed by atoms with van der Waals surface area (Å²) in [6, 6.07) is 0. The van der Waals surface area contributed by atoms with E-state index < -0.39 is 7.49 Å². The van der Waals surface area contributed by atoms with Crippen LogP contribution >= 0.6 is 7.49 Å². The van der Waals surface area contributed by atoms with E-state index in [9.17, 15) is 4.89 Å². The molecule has 0 heterocycles. The van der Waals surface area contributed by atoms with E-state index in [1.54, 1.807) is 0 Å². The van der Waals surface area contributed by atoms with Crippen LogP contribution in [0.2, 0.25) is 0 Å². The second-order valence-corrected chi connectivity index (χ2v) is 6.05. The molecule has 62 valence electrons. The molecule has 0 atom stereocenters. The Balaban J connectivity index is 3.69. The summed E-state index contributed by atoms with van der Waals surface area (Å²) in [4.78, 5) is 9.68. The molecule has 0 saturated carbocycles. The maximum Gasteiger partial charge on any atom is 0.180 e. The molecule has 0 unspecified atom stereocenters. The topological polar surface area (TPSA) is 40.5 Å². The molecule has 0 spiro atoms. The van der Waals surface area contributed by atoms with Gasteiger partial charge in [-0.1, -0.05) is 13.8 Å². The van der Waals surface area contributed by atoms with Crippen LogP contribution < -0.4 is 0 Å². The van der Waals surface area contributed by atoms with Crippen LogP contribution in [0.3, 0.4) is 0 Å². The Kier molecular flexibility index (Phi) is 5.24. The van der Waals surface area contributed by atoms with Gasteiger partial charge < -0.3 is 5.11 Å². The van der Waals surface area contributed by atoms with Crippen LogP contribution in [0.1, 0.15) is 26.7 Å². The zero-order chi connectivity index (χ0) is 8.04. The smallest absolute Gasteiger partial charge is 0.180 e. The van der Waals surface area contributed by atoms with Crippen molar-refractivity contribution in [2.24, 2.45) is 0 Å². The normalized spacial score (nSPS) is 12.0. The number of aliphatic hydroxyl groups excluding tert-OH is 1. The fraction of sp³-hybridized carbons (Fsp3) is 1.00. The highest BCUT2D eigenvalue weighted by Crippen LogP contribution is 2.54. The first-order valence-electron chi connectivity index (χ1n) is 3.88.